The van der Waals surface area contributed by atoms with Crippen molar-refractivity contribution in [1.29, 1.82) is 0 Å². The van der Waals surface area contributed by atoms with Crippen LogP contribution < -0.4 is 5.32 Å². The number of aromatic nitrogens is 1. The maximum absolute atomic E-state index is 12.9. The van der Waals surface area contributed by atoms with Crippen LogP contribution in [0.3, 0.4) is 0 Å². The molecule has 6 heteroatoms. The van der Waals surface area contributed by atoms with Crippen molar-refractivity contribution in [3.05, 3.63) is 75.4 Å². The fourth-order valence-electron chi connectivity index (χ4n) is 3.43. The maximum Gasteiger partial charge on any atom is 0.307 e. The lowest BCUT2D eigenvalue weighted by Gasteiger charge is -2.19. The largest absolute Gasteiger partial charge is 0.469 e. The van der Waals surface area contributed by atoms with Crippen LogP contribution in [0.4, 0.5) is 0 Å². The SMILES string of the molecule is COC(=O)CC(NC(=O)Cc1c(C)nc2ccccc2c1C)c1ccc(Br)cc1. The number of nitrogens with zero attached hydrogens (tertiary/aromatic N) is 1. The Kier molecular flexibility index (Phi) is 6.64. The summed E-state index contributed by atoms with van der Waals surface area (Å²) < 4.78 is 5.73. The van der Waals surface area contributed by atoms with Crippen LogP contribution in [-0.4, -0.2) is 24.0 Å². The molecular weight excluding hydrogens is 432 g/mol. The van der Waals surface area contributed by atoms with Gasteiger partial charge in [-0.05, 0) is 48.7 Å². The summed E-state index contributed by atoms with van der Waals surface area (Å²) in [6.07, 6.45) is 0.265. The van der Waals surface area contributed by atoms with Crippen LogP contribution in [0, 0.1) is 13.8 Å². The van der Waals surface area contributed by atoms with Gasteiger partial charge in [0.05, 0.1) is 31.5 Å². The minimum atomic E-state index is -0.461. The molecule has 1 N–H and O–H groups in total. The first-order valence-corrected chi connectivity index (χ1v) is 10.1. The lowest BCUT2D eigenvalue weighted by Crippen LogP contribution is -2.32. The summed E-state index contributed by atoms with van der Waals surface area (Å²) >= 11 is 3.40. The molecular formula is C23H23BrN2O3. The second-order valence-electron chi connectivity index (χ2n) is 6.95. The van der Waals surface area contributed by atoms with E-state index in [0.717, 1.165) is 37.8 Å². The highest BCUT2D eigenvalue weighted by Gasteiger charge is 2.20. The zero-order valence-corrected chi connectivity index (χ0v) is 18.2. The highest BCUT2D eigenvalue weighted by atomic mass is 79.9. The highest BCUT2D eigenvalue weighted by Crippen LogP contribution is 2.24. The molecule has 1 unspecified atom stereocenters. The maximum atomic E-state index is 12.9. The number of benzene rings is 2. The van der Waals surface area contributed by atoms with Crippen molar-refractivity contribution in [1.82, 2.24) is 10.3 Å². The first-order chi connectivity index (χ1) is 13.9. The molecule has 0 radical (unpaired) electrons. The Balaban J connectivity index is 1.84. The third kappa shape index (κ3) is 5.01. The van der Waals surface area contributed by atoms with Gasteiger partial charge in [0.15, 0.2) is 0 Å². The van der Waals surface area contributed by atoms with Crippen molar-refractivity contribution >= 4 is 38.7 Å². The van der Waals surface area contributed by atoms with E-state index in [4.69, 9.17) is 4.74 Å². The zero-order valence-electron chi connectivity index (χ0n) is 16.7. The van der Waals surface area contributed by atoms with Crippen molar-refractivity contribution < 1.29 is 14.3 Å². The van der Waals surface area contributed by atoms with E-state index in [1.54, 1.807) is 0 Å². The van der Waals surface area contributed by atoms with E-state index < -0.39 is 6.04 Å². The van der Waals surface area contributed by atoms with E-state index in [2.05, 4.69) is 26.2 Å². The van der Waals surface area contributed by atoms with Crippen molar-refractivity contribution in [2.24, 2.45) is 0 Å². The number of methoxy groups -OCH3 is 1. The normalized spacial score (nSPS) is 11.9. The predicted octanol–water partition coefficient (Wildman–Crippen LogP) is 4.58. The molecule has 0 fully saturated rings. The molecule has 29 heavy (non-hydrogen) atoms. The number of hydrogen-bond acceptors (Lipinski definition) is 4. The number of carbonyl (C=O) groups is 2. The Labute approximate surface area is 178 Å². The summed E-state index contributed by atoms with van der Waals surface area (Å²) in [7, 11) is 1.34. The third-order valence-corrected chi connectivity index (χ3v) is 5.56. The van der Waals surface area contributed by atoms with Gasteiger partial charge in [-0.25, -0.2) is 0 Å². The Morgan fingerprint density at radius 2 is 1.79 bits per heavy atom. The highest BCUT2D eigenvalue weighted by molar-refractivity contribution is 9.10. The molecule has 3 aromatic rings. The molecule has 1 amide bonds. The summed E-state index contributed by atoms with van der Waals surface area (Å²) in [5.41, 5.74) is 4.57. The number of amides is 1. The molecule has 2 aromatic carbocycles. The number of pyridine rings is 1. The van der Waals surface area contributed by atoms with Gasteiger partial charge in [-0.15, -0.1) is 0 Å². The molecule has 0 aliphatic heterocycles. The van der Waals surface area contributed by atoms with Crippen molar-refractivity contribution in [2.45, 2.75) is 32.7 Å². The van der Waals surface area contributed by atoms with Gasteiger partial charge in [-0.2, -0.15) is 0 Å². The quantitative estimate of drug-likeness (QED) is 0.553. The molecule has 3 rings (SSSR count). The lowest BCUT2D eigenvalue weighted by atomic mass is 9.98. The van der Waals surface area contributed by atoms with Gasteiger partial charge in [0.1, 0.15) is 0 Å². The molecule has 1 atom stereocenters. The van der Waals surface area contributed by atoms with Crippen LogP contribution in [-0.2, 0) is 20.7 Å². The number of carbonyl (C=O) groups excluding carboxylic acids is 2. The van der Waals surface area contributed by atoms with Gasteiger partial charge in [0.2, 0.25) is 5.91 Å². The van der Waals surface area contributed by atoms with Crippen LogP contribution in [0.5, 0.6) is 0 Å². The van der Waals surface area contributed by atoms with E-state index in [9.17, 15) is 9.59 Å². The molecule has 0 spiro atoms. The number of aryl methyl sites for hydroxylation is 2. The van der Waals surface area contributed by atoms with Gasteiger partial charge in [0.25, 0.3) is 0 Å². The second-order valence-corrected chi connectivity index (χ2v) is 7.86. The molecule has 150 valence electrons. The van der Waals surface area contributed by atoms with Gasteiger partial charge < -0.3 is 10.1 Å². The molecule has 0 aliphatic rings. The van der Waals surface area contributed by atoms with Crippen molar-refractivity contribution in [2.75, 3.05) is 7.11 Å². The van der Waals surface area contributed by atoms with Gasteiger partial charge in [-0.3, -0.25) is 14.6 Å². The fraction of sp³-hybridized carbons (Fsp3) is 0.261. The Hall–Kier alpha value is -2.73. The molecule has 0 aliphatic carbocycles. The number of rotatable bonds is 6. The summed E-state index contributed by atoms with van der Waals surface area (Å²) in [6, 6.07) is 15.0. The number of fused-ring (bicyclic) bond motifs is 1. The average molecular weight is 455 g/mol. The van der Waals surface area contributed by atoms with E-state index in [-0.39, 0.29) is 24.7 Å². The average Bonchev–Trinajstić information content (AvgIpc) is 2.71. The van der Waals surface area contributed by atoms with Crippen LogP contribution in [0.1, 0.15) is 34.8 Å². The standard InChI is InChI=1S/C23H23BrN2O3/c1-14-18-6-4-5-7-20(18)25-15(2)19(14)12-22(27)26-21(13-23(28)29-3)16-8-10-17(24)11-9-16/h4-11,21H,12-13H2,1-3H3,(H,26,27). The Morgan fingerprint density at radius 1 is 1.10 bits per heavy atom. The number of nitrogens with one attached hydrogen (secondary N) is 1. The second kappa shape index (κ2) is 9.18. The van der Waals surface area contributed by atoms with E-state index in [0.29, 0.717) is 0 Å². The third-order valence-electron chi connectivity index (χ3n) is 5.03. The molecule has 5 nitrogen and oxygen atoms in total. The number of esters is 1. The first kappa shape index (κ1) is 21.0. The summed E-state index contributed by atoms with van der Waals surface area (Å²) in [6.45, 7) is 3.93. The van der Waals surface area contributed by atoms with E-state index in [1.807, 2.05) is 62.4 Å². The van der Waals surface area contributed by atoms with Gasteiger partial charge in [0, 0.05) is 15.6 Å². The Morgan fingerprint density at radius 3 is 2.48 bits per heavy atom. The van der Waals surface area contributed by atoms with Crippen LogP contribution in [0.25, 0.3) is 10.9 Å². The number of ether oxygens (including phenoxy) is 1. The van der Waals surface area contributed by atoms with Crippen molar-refractivity contribution in [3.63, 3.8) is 0 Å². The van der Waals surface area contributed by atoms with Crippen LogP contribution >= 0.6 is 15.9 Å². The minimum absolute atomic E-state index is 0.0673. The topological polar surface area (TPSA) is 68.3 Å². The predicted molar refractivity (Wildman–Crippen MR) is 117 cm³/mol. The number of halogens is 1. The molecule has 0 saturated heterocycles. The summed E-state index contributed by atoms with van der Waals surface area (Å²) in [5, 5.41) is 4.03. The van der Waals surface area contributed by atoms with Crippen LogP contribution in [0.2, 0.25) is 0 Å². The molecule has 1 aromatic heterocycles. The Bertz CT molecular complexity index is 1050. The van der Waals surface area contributed by atoms with Gasteiger partial charge in [-0.1, -0.05) is 46.3 Å². The lowest BCUT2D eigenvalue weighted by molar-refractivity contribution is -0.141. The van der Waals surface area contributed by atoms with Crippen LogP contribution in [0.15, 0.2) is 53.0 Å². The number of hydrogen-bond donors (Lipinski definition) is 1. The molecule has 0 bridgehead atoms. The van der Waals surface area contributed by atoms with Crippen molar-refractivity contribution in [3.8, 4) is 0 Å². The monoisotopic (exact) mass is 454 g/mol. The smallest absolute Gasteiger partial charge is 0.307 e. The zero-order chi connectivity index (χ0) is 21.0. The van der Waals surface area contributed by atoms with E-state index >= 15 is 0 Å². The molecule has 0 saturated carbocycles. The van der Waals surface area contributed by atoms with E-state index in [1.165, 1.54) is 7.11 Å². The summed E-state index contributed by atoms with van der Waals surface area (Å²) in [4.78, 5) is 29.4. The fourth-order valence-corrected chi connectivity index (χ4v) is 3.70. The number of para-hydroxylation sites is 1. The molecule has 1 heterocycles. The summed E-state index contributed by atoms with van der Waals surface area (Å²) in [5.74, 6) is -0.539. The first-order valence-electron chi connectivity index (χ1n) is 9.35. The minimum Gasteiger partial charge on any atom is -0.469 e. The van der Waals surface area contributed by atoms with Gasteiger partial charge >= 0.3 is 5.97 Å².